The highest BCUT2D eigenvalue weighted by atomic mass is 35.5. The Labute approximate surface area is 117 Å². The van der Waals surface area contributed by atoms with Crippen LogP contribution >= 0.6 is 11.6 Å². The number of hydrogen-bond acceptors (Lipinski definition) is 4. The van der Waals surface area contributed by atoms with Crippen molar-refractivity contribution in [3.8, 4) is 0 Å². The SMILES string of the molecule is COC(=O)[C@H](C)NS(=O)(=O)/C=C/c1ccc(Cl)cc1. The van der Waals surface area contributed by atoms with Gasteiger partial charge in [0.25, 0.3) is 0 Å². The molecule has 0 amide bonds. The molecule has 1 N–H and O–H groups in total. The molecule has 104 valence electrons. The van der Waals surface area contributed by atoms with Crippen molar-refractivity contribution in [3.05, 3.63) is 40.3 Å². The molecule has 0 aliphatic rings. The fraction of sp³-hybridized carbons (Fsp3) is 0.250. The van der Waals surface area contributed by atoms with Gasteiger partial charge >= 0.3 is 5.97 Å². The summed E-state index contributed by atoms with van der Waals surface area (Å²) in [4.78, 5) is 11.1. The number of ether oxygens (including phenoxy) is 1. The minimum Gasteiger partial charge on any atom is -0.468 e. The van der Waals surface area contributed by atoms with E-state index in [0.29, 0.717) is 10.6 Å². The van der Waals surface area contributed by atoms with E-state index in [1.807, 2.05) is 0 Å². The summed E-state index contributed by atoms with van der Waals surface area (Å²) in [5.41, 5.74) is 0.681. The van der Waals surface area contributed by atoms with E-state index >= 15 is 0 Å². The third kappa shape index (κ3) is 5.42. The number of hydrogen-bond donors (Lipinski definition) is 1. The molecule has 0 aromatic heterocycles. The first-order chi connectivity index (χ1) is 8.84. The van der Waals surface area contributed by atoms with Gasteiger partial charge in [-0.15, -0.1) is 0 Å². The van der Waals surface area contributed by atoms with Crippen LogP contribution in [0.25, 0.3) is 6.08 Å². The lowest BCUT2D eigenvalue weighted by molar-refractivity contribution is -0.142. The van der Waals surface area contributed by atoms with Gasteiger partial charge in [-0.2, -0.15) is 4.72 Å². The summed E-state index contributed by atoms with van der Waals surface area (Å²) in [7, 11) is -2.52. The number of esters is 1. The largest absolute Gasteiger partial charge is 0.468 e. The molecule has 5 nitrogen and oxygen atoms in total. The van der Waals surface area contributed by atoms with Gasteiger partial charge in [0, 0.05) is 10.4 Å². The lowest BCUT2D eigenvalue weighted by Crippen LogP contribution is -2.38. The highest BCUT2D eigenvalue weighted by Crippen LogP contribution is 2.11. The summed E-state index contributed by atoms with van der Waals surface area (Å²) in [5, 5.41) is 1.55. The Morgan fingerprint density at radius 1 is 1.37 bits per heavy atom. The molecule has 0 radical (unpaired) electrons. The summed E-state index contributed by atoms with van der Waals surface area (Å²) >= 11 is 5.72. The van der Waals surface area contributed by atoms with E-state index in [0.717, 1.165) is 5.41 Å². The normalized spacial score (nSPS) is 13.4. The van der Waals surface area contributed by atoms with E-state index in [4.69, 9.17) is 11.6 Å². The average molecular weight is 304 g/mol. The summed E-state index contributed by atoms with van der Waals surface area (Å²) in [6.45, 7) is 1.40. The third-order valence-corrected chi connectivity index (χ3v) is 3.63. The van der Waals surface area contributed by atoms with Crippen molar-refractivity contribution in [1.82, 2.24) is 4.72 Å². The Bertz CT molecular complexity index is 566. The van der Waals surface area contributed by atoms with E-state index in [2.05, 4.69) is 9.46 Å². The molecule has 0 bridgehead atoms. The van der Waals surface area contributed by atoms with Gasteiger partial charge in [0.2, 0.25) is 10.0 Å². The average Bonchev–Trinajstić information content (AvgIpc) is 2.36. The number of halogens is 1. The quantitative estimate of drug-likeness (QED) is 0.842. The first-order valence-electron chi connectivity index (χ1n) is 5.38. The Kier molecular flexibility index (Phi) is 5.53. The second kappa shape index (κ2) is 6.70. The van der Waals surface area contributed by atoms with Crippen LogP contribution in [0.3, 0.4) is 0 Å². The number of sulfonamides is 1. The zero-order valence-corrected chi connectivity index (χ0v) is 12.0. The van der Waals surface area contributed by atoms with E-state index < -0.39 is 22.0 Å². The van der Waals surface area contributed by atoms with Gasteiger partial charge in [-0.3, -0.25) is 4.79 Å². The molecule has 0 saturated heterocycles. The molecule has 19 heavy (non-hydrogen) atoms. The molecule has 0 fully saturated rings. The maximum atomic E-state index is 11.7. The highest BCUT2D eigenvalue weighted by molar-refractivity contribution is 7.92. The van der Waals surface area contributed by atoms with Crippen molar-refractivity contribution in [2.45, 2.75) is 13.0 Å². The minimum atomic E-state index is -3.71. The molecule has 1 aromatic carbocycles. The van der Waals surface area contributed by atoms with Crippen LogP contribution < -0.4 is 4.72 Å². The van der Waals surface area contributed by atoms with Crippen molar-refractivity contribution in [2.24, 2.45) is 0 Å². The number of carbonyl (C=O) groups is 1. The van der Waals surface area contributed by atoms with Crippen LogP contribution in [0.2, 0.25) is 5.02 Å². The second-order valence-electron chi connectivity index (χ2n) is 3.76. The fourth-order valence-electron chi connectivity index (χ4n) is 1.25. The number of rotatable bonds is 5. The lowest BCUT2D eigenvalue weighted by Gasteiger charge is -2.09. The molecule has 0 heterocycles. The van der Waals surface area contributed by atoms with Gasteiger partial charge in [-0.25, -0.2) is 8.42 Å². The summed E-state index contributed by atoms with van der Waals surface area (Å²) < 4.78 is 29.9. The number of benzene rings is 1. The van der Waals surface area contributed by atoms with E-state index in [9.17, 15) is 13.2 Å². The Morgan fingerprint density at radius 3 is 2.47 bits per heavy atom. The summed E-state index contributed by atoms with van der Waals surface area (Å²) in [5.74, 6) is -0.650. The first kappa shape index (κ1) is 15.7. The fourth-order valence-corrected chi connectivity index (χ4v) is 2.38. The molecule has 0 spiro atoms. The Balaban J connectivity index is 2.74. The summed E-state index contributed by atoms with van der Waals surface area (Å²) in [6, 6.07) is 5.72. The van der Waals surface area contributed by atoms with Crippen LogP contribution in [0.4, 0.5) is 0 Å². The number of carbonyl (C=O) groups excluding carboxylic acids is 1. The zero-order valence-electron chi connectivity index (χ0n) is 10.5. The van der Waals surface area contributed by atoms with Gasteiger partial charge in [0.15, 0.2) is 0 Å². The van der Waals surface area contributed by atoms with Crippen LogP contribution in [0.1, 0.15) is 12.5 Å². The van der Waals surface area contributed by atoms with Crippen LogP contribution in [0.5, 0.6) is 0 Å². The van der Waals surface area contributed by atoms with E-state index in [1.54, 1.807) is 24.3 Å². The number of methoxy groups -OCH3 is 1. The van der Waals surface area contributed by atoms with Crippen LogP contribution in [0.15, 0.2) is 29.7 Å². The van der Waals surface area contributed by atoms with Gasteiger partial charge in [0.1, 0.15) is 6.04 Å². The highest BCUT2D eigenvalue weighted by Gasteiger charge is 2.18. The Hall–Kier alpha value is -1.37. The van der Waals surface area contributed by atoms with Crippen molar-refractivity contribution in [2.75, 3.05) is 7.11 Å². The lowest BCUT2D eigenvalue weighted by atomic mass is 10.2. The molecule has 7 heteroatoms. The predicted octanol–water partition coefficient (Wildman–Crippen LogP) is 1.79. The zero-order chi connectivity index (χ0) is 14.5. The van der Waals surface area contributed by atoms with E-state index in [1.165, 1.54) is 20.1 Å². The molecular weight excluding hydrogens is 290 g/mol. The Morgan fingerprint density at radius 2 is 1.95 bits per heavy atom. The topological polar surface area (TPSA) is 72.5 Å². The molecule has 0 aliphatic heterocycles. The van der Waals surface area contributed by atoms with Gasteiger partial charge in [0.05, 0.1) is 7.11 Å². The van der Waals surface area contributed by atoms with Crippen LogP contribution in [0, 0.1) is 0 Å². The van der Waals surface area contributed by atoms with Gasteiger partial charge in [-0.1, -0.05) is 23.7 Å². The second-order valence-corrected chi connectivity index (χ2v) is 5.80. The van der Waals surface area contributed by atoms with Crippen molar-refractivity contribution < 1.29 is 17.9 Å². The minimum absolute atomic E-state index is 0.567. The molecule has 1 atom stereocenters. The van der Waals surface area contributed by atoms with Crippen molar-refractivity contribution in [1.29, 1.82) is 0 Å². The molecular formula is C12H14ClNO4S. The maximum absolute atomic E-state index is 11.7. The monoisotopic (exact) mass is 303 g/mol. The number of nitrogens with one attached hydrogen (secondary N) is 1. The van der Waals surface area contributed by atoms with Gasteiger partial charge < -0.3 is 4.74 Å². The maximum Gasteiger partial charge on any atom is 0.323 e. The van der Waals surface area contributed by atoms with Crippen LogP contribution in [-0.2, 0) is 19.6 Å². The summed E-state index contributed by atoms with van der Waals surface area (Å²) in [6.07, 6.45) is 1.41. The third-order valence-electron chi connectivity index (χ3n) is 2.21. The van der Waals surface area contributed by atoms with Gasteiger partial charge in [-0.05, 0) is 30.7 Å². The molecule has 0 aliphatic carbocycles. The molecule has 1 aromatic rings. The van der Waals surface area contributed by atoms with E-state index in [-0.39, 0.29) is 0 Å². The standard InChI is InChI=1S/C12H14ClNO4S/c1-9(12(15)18-2)14-19(16,17)8-7-10-3-5-11(13)6-4-10/h3-9,14H,1-2H3/b8-7+/t9-/m0/s1. The van der Waals surface area contributed by atoms with Crippen molar-refractivity contribution >= 4 is 33.7 Å². The molecule has 1 rings (SSSR count). The van der Waals surface area contributed by atoms with Crippen molar-refractivity contribution in [3.63, 3.8) is 0 Å². The molecule has 0 unspecified atom stereocenters. The van der Waals surface area contributed by atoms with Crippen LogP contribution in [-0.4, -0.2) is 27.5 Å². The molecule has 0 saturated carbocycles. The first-order valence-corrected chi connectivity index (χ1v) is 7.30. The smallest absolute Gasteiger partial charge is 0.323 e. The predicted molar refractivity (Wildman–Crippen MR) is 74.0 cm³/mol.